The first kappa shape index (κ1) is 13.9. The summed E-state index contributed by atoms with van der Waals surface area (Å²) in [5, 5.41) is 0.553. The van der Waals surface area contributed by atoms with E-state index in [1.54, 1.807) is 18.5 Å². The predicted octanol–water partition coefficient (Wildman–Crippen LogP) is 3.32. The normalized spacial score (nSPS) is 9.19. The molecule has 84 valence electrons. The van der Waals surface area contributed by atoms with E-state index in [2.05, 4.69) is 55.1 Å². The van der Waals surface area contributed by atoms with Gasteiger partial charge >= 0.3 is 0 Å². The molecule has 0 saturated heterocycles. The highest BCUT2D eigenvalue weighted by Gasteiger charge is 1.86. The van der Waals surface area contributed by atoms with Gasteiger partial charge in [0.1, 0.15) is 5.15 Å². The minimum atomic E-state index is -0.0445. The van der Waals surface area contributed by atoms with Gasteiger partial charge in [0.15, 0.2) is 0 Å². The minimum Gasteiger partial charge on any atom is -0.329 e. The maximum Gasteiger partial charge on any atom is 0.248 e. The summed E-state index contributed by atoms with van der Waals surface area (Å²) in [7, 11) is 0. The Kier molecular flexibility index (Phi) is 6.29. The van der Waals surface area contributed by atoms with Crippen molar-refractivity contribution in [2.75, 3.05) is 0 Å². The van der Waals surface area contributed by atoms with Crippen LogP contribution in [0.1, 0.15) is 0 Å². The van der Waals surface area contributed by atoms with E-state index in [0.29, 0.717) is 5.15 Å². The molecular weight excluding hydrogens is 453 g/mol. The number of hydrogen-bond donors (Lipinski definition) is 1. The average molecular weight is 460 g/mol. The van der Waals surface area contributed by atoms with Crippen LogP contribution in [0.4, 0.5) is 0 Å². The molecule has 0 spiro atoms. The zero-order chi connectivity index (χ0) is 12.0. The molecule has 0 radical (unpaired) electrons. The smallest absolute Gasteiger partial charge is 0.248 e. The average Bonchev–Trinajstić information content (AvgIpc) is 2.17. The summed E-state index contributed by atoms with van der Waals surface area (Å²) in [6.07, 6.45) is 3.31. The molecule has 16 heavy (non-hydrogen) atoms. The fourth-order valence-corrected chi connectivity index (χ4v) is 2.07. The summed E-state index contributed by atoms with van der Waals surface area (Å²) >= 11 is 9.80. The molecule has 2 aromatic rings. The van der Waals surface area contributed by atoms with Crippen molar-refractivity contribution in [1.82, 2.24) is 9.97 Å². The summed E-state index contributed by atoms with van der Waals surface area (Å²) in [5.41, 5.74) is -0.0445. The molecule has 0 aliphatic heterocycles. The summed E-state index contributed by atoms with van der Waals surface area (Å²) in [6.45, 7) is 0. The molecule has 0 aliphatic rings. The second kappa shape index (κ2) is 7.23. The first-order valence-corrected chi connectivity index (χ1v) is 6.73. The van der Waals surface area contributed by atoms with Crippen LogP contribution in [0.5, 0.6) is 0 Å². The Hall–Kier alpha value is -0.150. The van der Waals surface area contributed by atoms with Gasteiger partial charge in [0.2, 0.25) is 5.56 Å². The number of aromatic nitrogens is 2. The molecule has 2 heterocycles. The number of nitrogens with zero attached hydrogens (tertiary/aromatic N) is 1. The van der Waals surface area contributed by atoms with Crippen LogP contribution < -0.4 is 5.56 Å². The fraction of sp³-hybridized carbons (Fsp3) is 0. The lowest BCUT2D eigenvalue weighted by Gasteiger charge is -1.86. The third-order valence-electron chi connectivity index (χ3n) is 1.43. The number of pyridine rings is 2. The summed E-state index contributed by atoms with van der Waals surface area (Å²) in [6, 6.07) is 7.08. The minimum absolute atomic E-state index is 0.0445. The van der Waals surface area contributed by atoms with Crippen molar-refractivity contribution in [3.05, 3.63) is 59.3 Å². The summed E-state index contributed by atoms with van der Waals surface area (Å²) in [4.78, 5) is 16.7. The maximum absolute atomic E-state index is 10.4. The summed E-state index contributed by atoms with van der Waals surface area (Å²) in [5.74, 6) is 0. The van der Waals surface area contributed by atoms with Crippen LogP contribution in [0, 0.1) is 7.14 Å². The first-order valence-electron chi connectivity index (χ1n) is 4.19. The topological polar surface area (TPSA) is 45.8 Å². The molecule has 6 heteroatoms. The third kappa shape index (κ3) is 5.80. The lowest BCUT2D eigenvalue weighted by molar-refractivity contribution is 1.23. The van der Waals surface area contributed by atoms with Gasteiger partial charge < -0.3 is 4.98 Å². The van der Waals surface area contributed by atoms with Crippen LogP contribution in [0.2, 0.25) is 5.15 Å². The highest BCUT2D eigenvalue weighted by Crippen LogP contribution is 2.08. The zero-order valence-electron chi connectivity index (χ0n) is 7.95. The molecule has 2 aromatic heterocycles. The van der Waals surface area contributed by atoms with Crippen molar-refractivity contribution in [3.63, 3.8) is 0 Å². The van der Waals surface area contributed by atoms with Crippen LogP contribution >= 0.6 is 56.8 Å². The third-order valence-corrected chi connectivity index (χ3v) is 2.97. The molecule has 1 N–H and O–H groups in total. The van der Waals surface area contributed by atoms with Gasteiger partial charge in [-0.2, -0.15) is 0 Å². The lowest BCUT2D eigenvalue weighted by atomic mass is 10.5. The highest BCUT2D eigenvalue weighted by molar-refractivity contribution is 14.1. The van der Waals surface area contributed by atoms with Gasteiger partial charge in [-0.1, -0.05) is 11.6 Å². The van der Waals surface area contributed by atoms with Crippen molar-refractivity contribution in [1.29, 1.82) is 0 Å². The Bertz CT molecular complexity index is 499. The Labute approximate surface area is 125 Å². The van der Waals surface area contributed by atoms with Crippen LogP contribution in [0.3, 0.4) is 0 Å². The summed E-state index contributed by atoms with van der Waals surface area (Å²) < 4.78 is 2.08. The predicted molar refractivity (Wildman–Crippen MR) is 81.7 cm³/mol. The van der Waals surface area contributed by atoms with E-state index in [-0.39, 0.29) is 5.56 Å². The Morgan fingerprint density at radius 2 is 1.88 bits per heavy atom. The van der Waals surface area contributed by atoms with Crippen molar-refractivity contribution in [2.24, 2.45) is 0 Å². The SMILES string of the molecule is Clc1cc(I)ccn1.O=c1cc(I)cc[nH]1. The Balaban J connectivity index is 0.000000160. The molecule has 0 fully saturated rings. The second-order valence-corrected chi connectivity index (χ2v) is 5.55. The zero-order valence-corrected chi connectivity index (χ0v) is 13.0. The molecule has 0 amide bonds. The second-order valence-electron chi connectivity index (χ2n) is 2.67. The van der Waals surface area contributed by atoms with Gasteiger partial charge in [-0.15, -0.1) is 0 Å². The number of hydrogen-bond acceptors (Lipinski definition) is 2. The van der Waals surface area contributed by atoms with Crippen molar-refractivity contribution < 1.29 is 0 Å². The van der Waals surface area contributed by atoms with E-state index < -0.39 is 0 Å². The van der Waals surface area contributed by atoms with Crippen LogP contribution in [0.25, 0.3) is 0 Å². The number of H-pyrrole nitrogens is 1. The molecule has 0 saturated carbocycles. The van der Waals surface area contributed by atoms with E-state index in [1.807, 2.05) is 18.2 Å². The fourth-order valence-electron chi connectivity index (χ4n) is 0.797. The van der Waals surface area contributed by atoms with Crippen LogP contribution in [0.15, 0.2) is 41.5 Å². The van der Waals surface area contributed by atoms with Crippen LogP contribution in [-0.4, -0.2) is 9.97 Å². The van der Waals surface area contributed by atoms with Gasteiger partial charge in [-0.05, 0) is 63.4 Å². The molecular formula is C10H7ClI2N2O. The number of rotatable bonds is 0. The Morgan fingerprint density at radius 3 is 2.25 bits per heavy atom. The van der Waals surface area contributed by atoms with E-state index in [0.717, 1.165) is 7.14 Å². The maximum atomic E-state index is 10.4. The standard InChI is InChI=1S/C5H3ClIN.C5H4INO/c6-5-3-4(7)1-2-8-5;6-4-1-2-7-5(8)3-4/h1-3H;1-3H,(H,7,8). The highest BCUT2D eigenvalue weighted by atomic mass is 127. The number of aromatic amines is 1. The molecule has 3 nitrogen and oxygen atoms in total. The molecule has 2 rings (SSSR count). The van der Waals surface area contributed by atoms with Crippen molar-refractivity contribution in [3.8, 4) is 0 Å². The van der Waals surface area contributed by atoms with Gasteiger partial charge in [0, 0.05) is 25.6 Å². The number of halogens is 3. The van der Waals surface area contributed by atoms with Gasteiger partial charge in [0.05, 0.1) is 0 Å². The largest absolute Gasteiger partial charge is 0.329 e. The quantitative estimate of drug-likeness (QED) is 0.485. The molecule has 0 atom stereocenters. The molecule has 0 aromatic carbocycles. The molecule has 0 unspecified atom stereocenters. The van der Waals surface area contributed by atoms with E-state index in [4.69, 9.17) is 11.6 Å². The van der Waals surface area contributed by atoms with Gasteiger partial charge in [0.25, 0.3) is 0 Å². The Morgan fingerprint density at radius 1 is 1.19 bits per heavy atom. The van der Waals surface area contributed by atoms with Gasteiger partial charge in [-0.25, -0.2) is 4.98 Å². The van der Waals surface area contributed by atoms with Crippen LogP contribution in [-0.2, 0) is 0 Å². The van der Waals surface area contributed by atoms with E-state index >= 15 is 0 Å². The van der Waals surface area contributed by atoms with E-state index in [1.165, 1.54) is 0 Å². The molecule has 0 bridgehead atoms. The number of nitrogens with one attached hydrogen (secondary N) is 1. The lowest BCUT2D eigenvalue weighted by Crippen LogP contribution is -2.01. The monoisotopic (exact) mass is 460 g/mol. The first-order chi connectivity index (χ1) is 7.58. The van der Waals surface area contributed by atoms with Crippen molar-refractivity contribution >= 4 is 56.8 Å². The van der Waals surface area contributed by atoms with Crippen molar-refractivity contribution in [2.45, 2.75) is 0 Å². The van der Waals surface area contributed by atoms with E-state index in [9.17, 15) is 4.79 Å². The molecule has 0 aliphatic carbocycles. The van der Waals surface area contributed by atoms with Gasteiger partial charge in [-0.3, -0.25) is 4.79 Å².